The predicted octanol–water partition coefficient (Wildman–Crippen LogP) is 5.62. The van der Waals surface area contributed by atoms with Crippen LogP contribution in [0.25, 0.3) is 16.9 Å². The van der Waals surface area contributed by atoms with Crippen LogP contribution in [0.1, 0.15) is 40.3 Å². The van der Waals surface area contributed by atoms with Gasteiger partial charge in [0.15, 0.2) is 0 Å². The molecule has 41 heavy (non-hydrogen) atoms. The third-order valence-electron chi connectivity index (χ3n) is 7.61. The minimum Gasteiger partial charge on any atom is -0.376 e. The Balaban J connectivity index is 1.51. The fourth-order valence-electron chi connectivity index (χ4n) is 5.52. The van der Waals surface area contributed by atoms with Gasteiger partial charge in [0.25, 0.3) is 0 Å². The first-order valence-corrected chi connectivity index (χ1v) is 15.1. The van der Waals surface area contributed by atoms with Gasteiger partial charge in [-0.2, -0.15) is 5.10 Å². The fraction of sp³-hybridized carbons (Fsp3) is 0.303. The second kappa shape index (κ2) is 11.9. The van der Waals surface area contributed by atoms with E-state index in [1.165, 1.54) is 0 Å². The van der Waals surface area contributed by atoms with Gasteiger partial charge in [0, 0.05) is 24.3 Å². The summed E-state index contributed by atoms with van der Waals surface area (Å²) >= 11 is 1.58. The van der Waals surface area contributed by atoms with Crippen molar-refractivity contribution in [3.63, 3.8) is 0 Å². The number of ether oxygens (including phenoxy) is 1. The zero-order valence-electron chi connectivity index (χ0n) is 23.4. The molecule has 0 saturated carbocycles. The van der Waals surface area contributed by atoms with E-state index in [1.54, 1.807) is 16.7 Å². The number of aryl methyl sites for hydroxylation is 2. The molecule has 1 saturated heterocycles. The molecule has 0 aliphatic carbocycles. The van der Waals surface area contributed by atoms with Gasteiger partial charge in [-0.1, -0.05) is 77.9 Å². The van der Waals surface area contributed by atoms with Gasteiger partial charge in [0.1, 0.15) is 12.4 Å². The summed E-state index contributed by atoms with van der Waals surface area (Å²) in [5, 5.41) is 8.02. The molecule has 2 aliphatic rings. The summed E-state index contributed by atoms with van der Waals surface area (Å²) in [4.78, 5) is 28.8. The molecule has 8 heteroatoms. The van der Waals surface area contributed by atoms with Gasteiger partial charge in [0.2, 0.25) is 11.8 Å². The first-order valence-electron chi connectivity index (χ1n) is 14.1. The van der Waals surface area contributed by atoms with Crippen molar-refractivity contribution in [1.29, 1.82) is 0 Å². The number of amides is 2. The number of nitrogens with zero attached hydrogens (tertiary/aromatic N) is 3. The smallest absolute Gasteiger partial charge is 0.240 e. The van der Waals surface area contributed by atoms with Gasteiger partial charge in [0.05, 0.1) is 28.5 Å². The number of hydrogen-bond acceptors (Lipinski definition) is 5. The van der Waals surface area contributed by atoms with Crippen LogP contribution >= 0.6 is 11.8 Å². The highest BCUT2D eigenvalue weighted by molar-refractivity contribution is 8.00. The summed E-state index contributed by atoms with van der Waals surface area (Å²) in [7, 11) is 0. The van der Waals surface area contributed by atoms with E-state index in [2.05, 4.69) is 36.5 Å². The number of aromatic nitrogens is 2. The molecule has 0 spiro atoms. The number of fused-ring (bicyclic) bond motifs is 1. The van der Waals surface area contributed by atoms with Crippen LogP contribution in [0.2, 0.25) is 0 Å². The number of nitrogens with one attached hydrogen (secondary N) is 1. The van der Waals surface area contributed by atoms with Gasteiger partial charge in [-0.05, 0) is 44.4 Å². The third-order valence-corrected chi connectivity index (χ3v) is 8.87. The van der Waals surface area contributed by atoms with Crippen molar-refractivity contribution in [2.45, 2.75) is 38.0 Å². The summed E-state index contributed by atoms with van der Waals surface area (Å²) in [6.45, 7) is 5.20. The van der Waals surface area contributed by atoms with Crippen LogP contribution in [-0.4, -0.2) is 53.1 Å². The Bertz CT molecular complexity index is 1540. The number of carbonyl (C=O) groups excluding carboxylic acids is 2. The molecule has 2 aliphatic heterocycles. The van der Waals surface area contributed by atoms with Crippen LogP contribution in [0.4, 0.5) is 5.82 Å². The number of hydrogen-bond donors (Lipinski definition) is 1. The maximum atomic E-state index is 13.9. The average Bonchev–Trinajstić information content (AvgIpc) is 3.62. The Morgan fingerprint density at radius 3 is 2.56 bits per heavy atom. The van der Waals surface area contributed by atoms with Crippen molar-refractivity contribution in [3.8, 4) is 16.9 Å². The molecular formula is C33H34N4O3S. The van der Waals surface area contributed by atoms with Crippen LogP contribution in [-0.2, 0) is 14.3 Å². The molecule has 3 aromatic carbocycles. The molecule has 0 radical (unpaired) electrons. The van der Waals surface area contributed by atoms with E-state index in [4.69, 9.17) is 9.84 Å². The summed E-state index contributed by atoms with van der Waals surface area (Å²) in [5.74, 6) is 0.554. The van der Waals surface area contributed by atoms with Crippen LogP contribution < -0.4 is 10.2 Å². The molecule has 2 amide bonds. The summed E-state index contributed by atoms with van der Waals surface area (Å²) in [6, 6.07) is 26.6. The monoisotopic (exact) mass is 566 g/mol. The lowest BCUT2D eigenvalue weighted by Crippen LogP contribution is -2.44. The third kappa shape index (κ3) is 5.80. The molecule has 6 rings (SSSR count). The van der Waals surface area contributed by atoms with Gasteiger partial charge in [-0.3, -0.25) is 14.5 Å². The summed E-state index contributed by atoms with van der Waals surface area (Å²) in [6.07, 6.45) is 1.96. The fourth-order valence-corrected chi connectivity index (χ4v) is 6.71. The van der Waals surface area contributed by atoms with Crippen LogP contribution in [0, 0.1) is 13.8 Å². The van der Waals surface area contributed by atoms with Crippen LogP contribution in [0.15, 0.2) is 78.9 Å². The van der Waals surface area contributed by atoms with Crippen molar-refractivity contribution < 1.29 is 14.3 Å². The van der Waals surface area contributed by atoms with Gasteiger partial charge in [-0.25, -0.2) is 4.68 Å². The molecule has 1 N–H and O–H groups in total. The quantitative estimate of drug-likeness (QED) is 0.314. The first-order chi connectivity index (χ1) is 20.0. The zero-order chi connectivity index (χ0) is 28.3. The molecule has 0 bridgehead atoms. The Kier molecular flexibility index (Phi) is 7.94. The molecule has 4 aromatic rings. The Morgan fingerprint density at radius 1 is 1.02 bits per heavy atom. The maximum absolute atomic E-state index is 13.9. The van der Waals surface area contributed by atoms with E-state index in [9.17, 15) is 9.59 Å². The van der Waals surface area contributed by atoms with E-state index in [0.717, 1.165) is 58.6 Å². The second-order valence-electron chi connectivity index (χ2n) is 10.7. The lowest BCUT2D eigenvalue weighted by molar-refractivity contribution is -0.123. The maximum Gasteiger partial charge on any atom is 0.240 e. The summed E-state index contributed by atoms with van der Waals surface area (Å²) < 4.78 is 7.53. The van der Waals surface area contributed by atoms with E-state index in [-0.39, 0.29) is 35.5 Å². The number of anilines is 1. The SMILES string of the molecule is Cc1ccc(-n2nc(-c3ccccc3)c3c2N(CC(=O)NC[C@@H]2CCCO2)C(=O)CS[C@H]3c2cccc(C)c2)cc1. The van der Waals surface area contributed by atoms with Crippen molar-refractivity contribution in [2.24, 2.45) is 0 Å². The topological polar surface area (TPSA) is 76.5 Å². The van der Waals surface area contributed by atoms with Crippen molar-refractivity contribution >= 4 is 29.4 Å². The van der Waals surface area contributed by atoms with Gasteiger partial charge in [-0.15, -0.1) is 11.8 Å². The van der Waals surface area contributed by atoms with E-state index in [1.807, 2.05) is 66.2 Å². The molecule has 7 nitrogen and oxygen atoms in total. The van der Waals surface area contributed by atoms with Gasteiger partial charge < -0.3 is 10.1 Å². The minimum atomic E-state index is -0.211. The molecule has 1 fully saturated rings. The van der Waals surface area contributed by atoms with Crippen molar-refractivity contribution in [2.75, 3.05) is 30.3 Å². The first kappa shape index (κ1) is 27.3. The minimum absolute atomic E-state index is 0.0263. The number of thioether (sulfide) groups is 1. The molecule has 2 atom stereocenters. The van der Waals surface area contributed by atoms with Gasteiger partial charge >= 0.3 is 0 Å². The average molecular weight is 567 g/mol. The molecule has 0 unspecified atom stereocenters. The van der Waals surface area contributed by atoms with E-state index in [0.29, 0.717) is 12.4 Å². The highest BCUT2D eigenvalue weighted by Crippen LogP contribution is 2.48. The lowest BCUT2D eigenvalue weighted by atomic mass is 9.98. The second-order valence-corrected chi connectivity index (χ2v) is 11.8. The van der Waals surface area contributed by atoms with E-state index >= 15 is 0 Å². The molecular weight excluding hydrogens is 532 g/mol. The number of carbonyl (C=O) groups is 2. The zero-order valence-corrected chi connectivity index (χ0v) is 24.2. The standard InChI is InChI=1S/C33H34N4O3S/c1-22-13-15-26(16-14-22)37-33-30(31(35-37)24-9-4-3-5-10-24)32(25-11-6-8-23(2)18-25)41-21-29(39)36(33)20-28(38)34-19-27-12-7-17-40-27/h3-6,8-11,13-16,18,27,32H,7,12,17,19-21H2,1-2H3,(H,34,38)/t27-,32-/m0/s1. The highest BCUT2D eigenvalue weighted by Gasteiger charge is 2.37. The lowest BCUT2D eigenvalue weighted by Gasteiger charge is -2.23. The molecule has 210 valence electrons. The van der Waals surface area contributed by atoms with Crippen molar-refractivity contribution in [3.05, 3.63) is 101 Å². The normalized spacial score (nSPS) is 18.7. The molecule has 3 heterocycles. The van der Waals surface area contributed by atoms with Crippen molar-refractivity contribution in [1.82, 2.24) is 15.1 Å². The van der Waals surface area contributed by atoms with Crippen LogP contribution in [0.3, 0.4) is 0 Å². The Labute approximate surface area is 244 Å². The number of rotatable bonds is 7. The molecule has 1 aromatic heterocycles. The predicted molar refractivity (Wildman–Crippen MR) is 164 cm³/mol. The summed E-state index contributed by atoms with van der Waals surface area (Å²) in [5.41, 5.74) is 6.92. The number of benzene rings is 3. The van der Waals surface area contributed by atoms with E-state index < -0.39 is 0 Å². The largest absolute Gasteiger partial charge is 0.376 e. The Morgan fingerprint density at radius 2 is 1.83 bits per heavy atom. The Hall–Kier alpha value is -3.88. The highest BCUT2D eigenvalue weighted by atomic mass is 32.2. The van der Waals surface area contributed by atoms with Crippen LogP contribution in [0.5, 0.6) is 0 Å².